The smallest absolute Gasteiger partial charge is 0.253 e. The molecule has 0 saturated carbocycles. The Morgan fingerprint density at radius 1 is 1.08 bits per heavy atom. The summed E-state index contributed by atoms with van der Waals surface area (Å²) < 4.78 is 12.4. The fourth-order valence-electron chi connectivity index (χ4n) is 4.69. The molecular formula is C25H28ClN7O3. The molecule has 1 aliphatic rings. The number of hydrogen-bond donors (Lipinski definition) is 1. The molecular weight excluding hydrogens is 482 g/mol. The topological polar surface area (TPSA) is 101 Å². The highest BCUT2D eigenvalue weighted by Gasteiger charge is 2.32. The molecule has 2 aromatic carbocycles. The third-order valence-electron chi connectivity index (χ3n) is 6.54. The van der Waals surface area contributed by atoms with E-state index in [1.165, 1.54) is 0 Å². The Balaban J connectivity index is 1.52. The van der Waals surface area contributed by atoms with Gasteiger partial charge in [0.05, 0.1) is 20.3 Å². The van der Waals surface area contributed by atoms with Crippen LogP contribution < -0.4 is 15.2 Å². The number of aromatic nitrogens is 5. The first kappa shape index (κ1) is 24.2. The number of hydrogen-bond acceptors (Lipinski definition) is 8. The monoisotopic (exact) mass is 509 g/mol. The van der Waals surface area contributed by atoms with Crippen molar-refractivity contribution >= 4 is 28.2 Å². The average molecular weight is 510 g/mol. The largest absolute Gasteiger partial charge is 0.497 e. The van der Waals surface area contributed by atoms with Crippen LogP contribution in [0.3, 0.4) is 0 Å². The lowest BCUT2D eigenvalue weighted by Gasteiger charge is -2.39. The summed E-state index contributed by atoms with van der Waals surface area (Å²) in [7, 11) is 3.26. The molecule has 11 heteroatoms. The maximum Gasteiger partial charge on any atom is 0.253 e. The Hall–Kier alpha value is -3.47. The predicted molar refractivity (Wildman–Crippen MR) is 138 cm³/mol. The number of halogens is 1. The molecule has 0 amide bonds. The van der Waals surface area contributed by atoms with Crippen molar-refractivity contribution in [3.05, 3.63) is 75.3 Å². The molecule has 3 heterocycles. The van der Waals surface area contributed by atoms with E-state index in [0.717, 1.165) is 35.4 Å². The van der Waals surface area contributed by atoms with E-state index >= 15 is 0 Å². The number of H-pyrrole nitrogens is 1. The maximum absolute atomic E-state index is 13.4. The average Bonchev–Trinajstić information content (AvgIpc) is 3.36. The van der Waals surface area contributed by atoms with Crippen LogP contribution in [0.25, 0.3) is 10.9 Å². The minimum Gasteiger partial charge on any atom is -0.497 e. The molecule has 1 aliphatic heterocycles. The molecule has 0 spiro atoms. The zero-order chi connectivity index (χ0) is 25.1. The summed E-state index contributed by atoms with van der Waals surface area (Å²) in [4.78, 5) is 21.0. The number of benzene rings is 2. The summed E-state index contributed by atoms with van der Waals surface area (Å²) in [6, 6.07) is 14.9. The summed E-state index contributed by atoms with van der Waals surface area (Å²) in [6.45, 7) is 3.91. The lowest BCUT2D eigenvalue weighted by Crippen LogP contribution is -2.49. The van der Waals surface area contributed by atoms with E-state index in [1.54, 1.807) is 18.9 Å². The third-order valence-corrected chi connectivity index (χ3v) is 6.77. The molecule has 1 unspecified atom stereocenters. The number of tetrazole rings is 1. The van der Waals surface area contributed by atoms with E-state index in [9.17, 15) is 4.79 Å². The van der Waals surface area contributed by atoms with Gasteiger partial charge in [0.15, 0.2) is 5.82 Å². The van der Waals surface area contributed by atoms with Crippen LogP contribution in [0.4, 0.5) is 5.69 Å². The second-order valence-electron chi connectivity index (χ2n) is 8.67. The van der Waals surface area contributed by atoms with Crippen LogP contribution in [0.2, 0.25) is 5.02 Å². The Morgan fingerprint density at radius 2 is 1.92 bits per heavy atom. The summed E-state index contributed by atoms with van der Waals surface area (Å²) in [5.41, 5.74) is 2.24. The van der Waals surface area contributed by atoms with E-state index in [0.29, 0.717) is 42.7 Å². The van der Waals surface area contributed by atoms with Crippen molar-refractivity contribution in [2.75, 3.05) is 51.9 Å². The summed E-state index contributed by atoms with van der Waals surface area (Å²) >= 11 is 6.22. The Bertz CT molecular complexity index is 1400. The van der Waals surface area contributed by atoms with Gasteiger partial charge in [0.1, 0.15) is 11.8 Å². The van der Waals surface area contributed by atoms with E-state index in [-0.39, 0.29) is 5.56 Å². The highest BCUT2D eigenvalue weighted by Crippen LogP contribution is 2.30. The second kappa shape index (κ2) is 10.7. The molecule has 36 heavy (non-hydrogen) atoms. The molecule has 1 N–H and O–H groups in total. The van der Waals surface area contributed by atoms with Crippen molar-refractivity contribution in [3.8, 4) is 5.75 Å². The Kier molecular flexibility index (Phi) is 7.17. The number of nitrogens with one attached hydrogen (secondary N) is 1. The first-order valence-corrected chi connectivity index (χ1v) is 12.2. The number of rotatable bonds is 8. The van der Waals surface area contributed by atoms with Crippen LogP contribution in [-0.4, -0.2) is 77.1 Å². The zero-order valence-electron chi connectivity index (χ0n) is 20.2. The van der Waals surface area contributed by atoms with E-state index in [4.69, 9.17) is 21.1 Å². The third kappa shape index (κ3) is 4.92. The molecule has 0 aliphatic carbocycles. The number of methoxy groups -OCH3 is 2. The van der Waals surface area contributed by atoms with Gasteiger partial charge in [-0.1, -0.05) is 17.7 Å². The fraction of sp³-hybridized carbons (Fsp3) is 0.360. The maximum atomic E-state index is 13.4. The Morgan fingerprint density at radius 3 is 2.67 bits per heavy atom. The summed E-state index contributed by atoms with van der Waals surface area (Å²) in [5, 5.41) is 14.1. The highest BCUT2D eigenvalue weighted by atomic mass is 35.5. The van der Waals surface area contributed by atoms with Gasteiger partial charge in [-0.2, -0.15) is 0 Å². The number of piperazine rings is 1. The molecule has 0 bridgehead atoms. The molecule has 1 atom stereocenters. The molecule has 5 rings (SSSR count). The minimum atomic E-state index is -0.433. The van der Waals surface area contributed by atoms with Crippen LogP contribution >= 0.6 is 11.6 Å². The van der Waals surface area contributed by atoms with Gasteiger partial charge in [-0.3, -0.25) is 9.69 Å². The van der Waals surface area contributed by atoms with Crippen LogP contribution in [-0.2, 0) is 11.3 Å². The number of pyridine rings is 1. The number of fused-ring (bicyclic) bond motifs is 1. The van der Waals surface area contributed by atoms with Crippen molar-refractivity contribution in [1.29, 1.82) is 0 Å². The number of anilines is 1. The van der Waals surface area contributed by atoms with Gasteiger partial charge in [0.2, 0.25) is 0 Å². The van der Waals surface area contributed by atoms with Gasteiger partial charge < -0.3 is 19.4 Å². The second-order valence-corrected chi connectivity index (χ2v) is 9.10. The fourth-order valence-corrected chi connectivity index (χ4v) is 4.87. The molecule has 4 aromatic rings. The van der Waals surface area contributed by atoms with Crippen molar-refractivity contribution in [3.63, 3.8) is 0 Å². The van der Waals surface area contributed by atoms with Crippen LogP contribution in [0.15, 0.2) is 53.3 Å². The number of ether oxygens (including phenoxy) is 2. The molecule has 1 saturated heterocycles. The summed E-state index contributed by atoms with van der Waals surface area (Å²) in [6.07, 6.45) is 0. The predicted octanol–water partition coefficient (Wildman–Crippen LogP) is 2.73. The first-order valence-electron chi connectivity index (χ1n) is 11.8. The lowest BCUT2D eigenvalue weighted by molar-refractivity contribution is 0.171. The SMILES string of the molecule is COCCn1nnnc1C(c1cc2cc(OC)ccc2[nH]c1=O)N1CCN(c2cccc(Cl)c2)CC1. The Labute approximate surface area is 213 Å². The van der Waals surface area contributed by atoms with Crippen molar-refractivity contribution < 1.29 is 9.47 Å². The standard InChI is InChI=1S/C25H28ClN7O3/c1-35-13-12-33-24(28-29-30-33)23(21-15-17-14-20(36-2)6-7-22(17)27-25(21)34)32-10-8-31(9-11-32)19-5-3-4-18(26)16-19/h3-7,14-16,23H,8-13H2,1-2H3,(H,27,34). The van der Waals surface area contributed by atoms with E-state index < -0.39 is 6.04 Å². The molecule has 0 radical (unpaired) electrons. The molecule has 2 aromatic heterocycles. The number of aromatic amines is 1. The quantitative estimate of drug-likeness (QED) is 0.387. The molecule has 1 fully saturated rings. The van der Waals surface area contributed by atoms with Crippen LogP contribution in [0, 0.1) is 0 Å². The van der Waals surface area contributed by atoms with Crippen molar-refractivity contribution in [2.45, 2.75) is 12.6 Å². The van der Waals surface area contributed by atoms with Gasteiger partial charge in [-0.15, -0.1) is 5.10 Å². The highest BCUT2D eigenvalue weighted by molar-refractivity contribution is 6.30. The lowest BCUT2D eigenvalue weighted by atomic mass is 10.0. The van der Waals surface area contributed by atoms with Crippen LogP contribution in [0.1, 0.15) is 17.4 Å². The minimum absolute atomic E-state index is 0.170. The van der Waals surface area contributed by atoms with Gasteiger partial charge >= 0.3 is 0 Å². The summed E-state index contributed by atoms with van der Waals surface area (Å²) in [5.74, 6) is 1.33. The van der Waals surface area contributed by atoms with E-state index in [2.05, 4.69) is 36.4 Å². The normalized spacial score (nSPS) is 15.4. The first-order chi connectivity index (χ1) is 17.6. The van der Waals surface area contributed by atoms with Crippen LogP contribution in [0.5, 0.6) is 5.75 Å². The van der Waals surface area contributed by atoms with Crippen molar-refractivity contribution in [1.82, 2.24) is 30.1 Å². The molecule has 188 valence electrons. The number of nitrogens with zero attached hydrogens (tertiary/aromatic N) is 6. The zero-order valence-corrected chi connectivity index (χ0v) is 21.0. The molecule has 10 nitrogen and oxygen atoms in total. The van der Waals surface area contributed by atoms with Crippen molar-refractivity contribution in [2.24, 2.45) is 0 Å². The van der Waals surface area contributed by atoms with E-state index in [1.807, 2.05) is 42.5 Å². The van der Waals surface area contributed by atoms with Gasteiger partial charge in [-0.05, 0) is 52.9 Å². The van der Waals surface area contributed by atoms with Gasteiger partial charge in [0.25, 0.3) is 5.56 Å². The van der Waals surface area contributed by atoms with Gasteiger partial charge in [-0.25, -0.2) is 4.68 Å². The van der Waals surface area contributed by atoms with Gasteiger partial charge in [0, 0.05) is 60.5 Å².